The van der Waals surface area contributed by atoms with Crippen molar-refractivity contribution in [1.29, 1.82) is 0 Å². The van der Waals surface area contributed by atoms with Crippen LogP contribution in [0.15, 0.2) is 36.4 Å². The van der Waals surface area contributed by atoms with Gasteiger partial charge in [0.1, 0.15) is 11.6 Å². The summed E-state index contributed by atoms with van der Waals surface area (Å²) in [6, 6.07) is 7.88. The maximum Gasteiger partial charge on any atom is 0.387 e. The van der Waals surface area contributed by atoms with Crippen LogP contribution in [0.5, 0.6) is 5.75 Å². The summed E-state index contributed by atoms with van der Waals surface area (Å²) in [6.45, 7) is -3.01. The molecule has 0 fully saturated rings. The number of rotatable bonds is 3. The SMILES string of the molecule is Fc1ccc(OC(F)F)c(-c2cccc(Cl)c2Cl)c1. The topological polar surface area (TPSA) is 9.23 Å². The van der Waals surface area contributed by atoms with Gasteiger partial charge in [0, 0.05) is 11.1 Å². The monoisotopic (exact) mass is 306 g/mol. The van der Waals surface area contributed by atoms with E-state index in [-0.39, 0.29) is 21.4 Å². The van der Waals surface area contributed by atoms with E-state index in [1.165, 1.54) is 0 Å². The maximum atomic E-state index is 13.3. The fourth-order valence-electron chi connectivity index (χ4n) is 1.62. The van der Waals surface area contributed by atoms with Crippen molar-refractivity contribution in [3.63, 3.8) is 0 Å². The first-order chi connectivity index (χ1) is 8.99. The second-order valence-corrected chi connectivity index (χ2v) is 4.41. The average Bonchev–Trinajstić information content (AvgIpc) is 2.35. The minimum absolute atomic E-state index is 0.118. The summed E-state index contributed by atoms with van der Waals surface area (Å²) in [5, 5.41) is 0.389. The molecule has 0 aromatic heterocycles. The zero-order valence-corrected chi connectivity index (χ0v) is 10.9. The van der Waals surface area contributed by atoms with Crippen LogP contribution in [0, 0.1) is 5.82 Å². The van der Waals surface area contributed by atoms with Crippen molar-refractivity contribution >= 4 is 23.2 Å². The molecule has 100 valence electrons. The molecule has 0 amide bonds. The Morgan fingerprint density at radius 2 is 1.74 bits per heavy atom. The van der Waals surface area contributed by atoms with E-state index >= 15 is 0 Å². The Bertz CT molecular complexity index is 602. The van der Waals surface area contributed by atoms with Crippen LogP contribution in [0.1, 0.15) is 0 Å². The van der Waals surface area contributed by atoms with E-state index in [1.54, 1.807) is 18.2 Å². The van der Waals surface area contributed by atoms with Gasteiger partial charge < -0.3 is 4.74 Å². The van der Waals surface area contributed by atoms with E-state index in [9.17, 15) is 13.2 Å². The summed E-state index contributed by atoms with van der Waals surface area (Å²) in [6.07, 6.45) is 0. The first kappa shape index (κ1) is 14.0. The standard InChI is InChI=1S/C13H7Cl2F3O/c14-10-3-1-2-8(12(10)15)9-6-7(16)4-5-11(9)19-13(17)18/h1-6,13H. The van der Waals surface area contributed by atoms with Crippen molar-refractivity contribution in [3.05, 3.63) is 52.3 Å². The van der Waals surface area contributed by atoms with Crippen molar-refractivity contribution in [3.8, 4) is 16.9 Å². The summed E-state index contributed by atoms with van der Waals surface area (Å²) in [5.41, 5.74) is 0.442. The van der Waals surface area contributed by atoms with Crippen LogP contribution in [0.3, 0.4) is 0 Å². The zero-order valence-electron chi connectivity index (χ0n) is 9.34. The third kappa shape index (κ3) is 3.14. The Balaban J connectivity index is 2.59. The first-order valence-electron chi connectivity index (χ1n) is 5.18. The van der Waals surface area contributed by atoms with Crippen LogP contribution in [0.4, 0.5) is 13.2 Å². The van der Waals surface area contributed by atoms with E-state index in [4.69, 9.17) is 23.2 Å². The summed E-state index contributed by atoms with van der Waals surface area (Å²) >= 11 is 11.8. The quantitative estimate of drug-likeness (QED) is 0.737. The van der Waals surface area contributed by atoms with Gasteiger partial charge >= 0.3 is 6.61 Å². The lowest BCUT2D eigenvalue weighted by Gasteiger charge is -2.12. The minimum Gasteiger partial charge on any atom is -0.434 e. The van der Waals surface area contributed by atoms with Crippen molar-refractivity contribution in [1.82, 2.24) is 0 Å². The molecule has 0 aliphatic heterocycles. The molecule has 0 bridgehead atoms. The molecule has 0 aliphatic carbocycles. The van der Waals surface area contributed by atoms with Gasteiger partial charge in [0.25, 0.3) is 0 Å². The van der Waals surface area contributed by atoms with Crippen molar-refractivity contribution < 1.29 is 17.9 Å². The van der Waals surface area contributed by atoms with Crippen LogP contribution >= 0.6 is 23.2 Å². The molecular formula is C13H7Cl2F3O. The number of halogens is 5. The lowest BCUT2D eigenvalue weighted by molar-refractivity contribution is -0.0494. The molecule has 2 aromatic rings. The second-order valence-electron chi connectivity index (χ2n) is 3.62. The molecule has 2 aromatic carbocycles. The summed E-state index contributed by atoms with van der Waals surface area (Å²) in [5.74, 6) is -0.756. The lowest BCUT2D eigenvalue weighted by Crippen LogP contribution is -2.03. The van der Waals surface area contributed by atoms with Gasteiger partial charge in [0.05, 0.1) is 10.0 Å². The molecule has 0 atom stereocenters. The van der Waals surface area contributed by atoms with Gasteiger partial charge in [-0.3, -0.25) is 0 Å². The fourth-order valence-corrected chi connectivity index (χ4v) is 2.03. The van der Waals surface area contributed by atoms with Crippen LogP contribution in [-0.2, 0) is 0 Å². The molecule has 0 saturated carbocycles. The molecule has 0 N–H and O–H groups in total. The van der Waals surface area contributed by atoms with Crippen LogP contribution in [0.2, 0.25) is 10.0 Å². The minimum atomic E-state index is -3.01. The van der Waals surface area contributed by atoms with Crippen LogP contribution in [0.25, 0.3) is 11.1 Å². The number of alkyl halides is 2. The molecule has 0 spiro atoms. The maximum absolute atomic E-state index is 13.3. The molecule has 0 aliphatic rings. The second kappa shape index (κ2) is 5.72. The van der Waals surface area contributed by atoms with Gasteiger partial charge in [-0.1, -0.05) is 35.3 Å². The van der Waals surface area contributed by atoms with E-state index in [0.29, 0.717) is 5.56 Å². The Labute approximate surface area is 117 Å². The molecule has 2 rings (SSSR count). The van der Waals surface area contributed by atoms with Crippen LogP contribution < -0.4 is 4.74 Å². The molecule has 6 heteroatoms. The van der Waals surface area contributed by atoms with Crippen molar-refractivity contribution in [2.75, 3.05) is 0 Å². The van der Waals surface area contributed by atoms with Gasteiger partial charge in [-0.25, -0.2) is 4.39 Å². The fraction of sp³-hybridized carbons (Fsp3) is 0.0769. The molecule has 0 heterocycles. The number of hydrogen-bond donors (Lipinski definition) is 0. The van der Waals surface area contributed by atoms with Crippen molar-refractivity contribution in [2.24, 2.45) is 0 Å². The van der Waals surface area contributed by atoms with Gasteiger partial charge in [0.2, 0.25) is 0 Å². The number of benzene rings is 2. The van der Waals surface area contributed by atoms with E-state index < -0.39 is 12.4 Å². The normalized spacial score (nSPS) is 10.8. The van der Waals surface area contributed by atoms with Crippen LogP contribution in [-0.4, -0.2) is 6.61 Å². The number of hydrogen-bond acceptors (Lipinski definition) is 1. The van der Waals surface area contributed by atoms with Gasteiger partial charge in [-0.15, -0.1) is 0 Å². The molecule has 0 radical (unpaired) electrons. The Kier molecular flexibility index (Phi) is 4.22. The van der Waals surface area contributed by atoms with E-state index in [1.807, 2.05) is 0 Å². The molecule has 1 nitrogen and oxygen atoms in total. The summed E-state index contributed by atoms with van der Waals surface area (Å²) in [4.78, 5) is 0. The smallest absolute Gasteiger partial charge is 0.387 e. The molecular weight excluding hydrogens is 300 g/mol. The first-order valence-corrected chi connectivity index (χ1v) is 5.93. The van der Waals surface area contributed by atoms with Gasteiger partial charge in [-0.2, -0.15) is 8.78 Å². The predicted molar refractivity (Wildman–Crippen MR) is 68.5 cm³/mol. The van der Waals surface area contributed by atoms with Crippen molar-refractivity contribution in [2.45, 2.75) is 6.61 Å². The van der Waals surface area contributed by atoms with E-state index in [2.05, 4.69) is 4.74 Å². The Morgan fingerprint density at radius 1 is 1.00 bits per heavy atom. The highest BCUT2D eigenvalue weighted by molar-refractivity contribution is 6.43. The summed E-state index contributed by atoms with van der Waals surface area (Å²) < 4.78 is 42.3. The molecule has 19 heavy (non-hydrogen) atoms. The Morgan fingerprint density at radius 3 is 2.42 bits per heavy atom. The highest BCUT2D eigenvalue weighted by Gasteiger charge is 2.15. The van der Waals surface area contributed by atoms with Gasteiger partial charge in [0.15, 0.2) is 0 Å². The third-order valence-electron chi connectivity index (χ3n) is 2.40. The third-order valence-corrected chi connectivity index (χ3v) is 3.22. The highest BCUT2D eigenvalue weighted by Crippen LogP contribution is 2.39. The summed E-state index contributed by atoms with van der Waals surface area (Å²) in [7, 11) is 0. The van der Waals surface area contributed by atoms with E-state index in [0.717, 1.165) is 18.2 Å². The largest absolute Gasteiger partial charge is 0.434 e. The molecule has 0 unspecified atom stereocenters. The number of ether oxygens (including phenoxy) is 1. The zero-order chi connectivity index (χ0) is 14.0. The average molecular weight is 307 g/mol. The molecule has 0 saturated heterocycles. The Hall–Kier alpha value is -1.39. The lowest BCUT2D eigenvalue weighted by atomic mass is 10.0. The predicted octanol–water partition coefficient (Wildman–Crippen LogP) is 5.40. The van der Waals surface area contributed by atoms with Gasteiger partial charge in [-0.05, 0) is 24.3 Å². The highest BCUT2D eigenvalue weighted by atomic mass is 35.5.